The van der Waals surface area contributed by atoms with Gasteiger partial charge in [-0.05, 0) is 52.9 Å². The van der Waals surface area contributed by atoms with Crippen LogP contribution in [0.1, 0.15) is 10.4 Å². The van der Waals surface area contributed by atoms with Gasteiger partial charge in [-0.1, -0.05) is 53.5 Å². The molecule has 166 valence electrons. The number of aromatic nitrogens is 1. The van der Waals surface area contributed by atoms with Gasteiger partial charge in [-0.3, -0.25) is 15.1 Å². The molecule has 1 amide bonds. The number of rotatable bonds is 6. The molecule has 4 aromatic rings. The van der Waals surface area contributed by atoms with Crippen molar-refractivity contribution in [1.29, 1.82) is 0 Å². The summed E-state index contributed by atoms with van der Waals surface area (Å²) in [5.41, 5.74) is 10.4. The third-order valence-corrected chi connectivity index (χ3v) is 6.21. The maximum atomic E-state index is 12.1. The zero-order valence-electron chi connectivity index (χ0n) is 17.5. The van der Waals surface area contributed by atoms with Gasteiger partial charge in [0.2, 0.25) is 5.91 Å². The van der Waals surface area contributed by atoms with Crippen molar-refractivity contribution in [2.24, 2.45) is 10.7 Å². The highest BCUT2D eigenvalue weighted by Gasteiger charge is 2.11. The Morgan fingerprint density at radius 2 is 1.67 bits per heavy atom. The van der Waals surface area contributed by atoms with Crippen LogP contribution in [0.4, 0.5) is 0 Å². The topological polar surface area (TPSA) is 80.4 Å². The number of benzene rings is 2. The van der Waals surface area contributed by atoms with Crippen LogP contribution in [0.25, 0.3) is 22.4 Å². The number of hydrogen-bond acceptors (Lipinski definition) is 4. The molecule has 0 unspecified atom stereocenters. The summed E-state index contributed by atoms with van der Waals surface area (Å²) in [6.45, 7) is 0.277. The molecule has 0 aliphatic carbocycles. The quantitative estimate of drug-likeness (QED) is 0.256. The first kappa shape index (κ1) is 23.0. The first-order chi connectivity index (χ1) is 16.0. The molecular weight excluding hydrogens is 475 g/mol. The summed E-state index contributed by atoms with van der Waals surface area (Å²) in [6.07, 6.45) is 2.03. The maximum Gasteiger partial charge on any atom is 0.231 e. The van der Waals surface area contributed by atoms with Gasteiger partial charge in [0.15, 0.2) is 5.96 Å². The van der Waals surface area contributed by atoms with E-state index in [9.17, 15) is 4.79 Å². The average Bonchev–Trinajstić information content (AvgIpc) is 3.31. The molecule has 33 heavy (non-hydrogen) atoms. The molecule has 2 aromatic heterocycles. The summed E-state index contributed by atoms with van der Waals surface area (Å²) < 4.78 is 0. The molecule has 0 saturated heterocycles. The Bertz CT molecular complexity index is 1270. The van der Waals surface area contributed by atoms with E-state index in [1.165, 1.54) is 11.3 Å². The summed E-state index contributed by atoms with van der Waals surface area (Å²) in [6, 6.07) is 21.0. The lowest BCUT2D eigenvalue weighted by Crippen LogP contribution is -2.37. The fraction of sp³-hybridized carbons (Fsp3) is 0.0800. The number of amides is 1. The number of thiophene rings is 1. The molecule has 8 heteroatoms. The van der Waals surface area contributed by atoms with Crippen LogP contribution in [0.2, 0.25) is 10.0 Å². The standard InChI is InChI=1S/C25H20Cl2N4OS/c26-19-7-3-17(4-8-19)22-12-16(14-29-24(22)18-5-9-20(27)10-6-18)15-30-25(28)31-23(32)13-21-2-1-11-33-21/h1-12,14H,13,15H2,(H3,28,30,31,32). The van der Waals surface area contributed by atoms with Gasteiger partial charge < -0.3 is 5.73 Å². The number of hydrogen-bond donors (Lipinski definition) is 2. The summed E-state index contributed by atoms with van der Waals surface area (Å²) in [5, 5.41) is 5.88. The SMILES string of the molecule is NC(=NCc1cnc(-c2ccc(Cl)cc2)c(-c2ccc(Cl)cc2)c1)NC(=O)Cc1cccs1. The number of carbonyl (C=O) groups excluding carboxylic acids is 1. The first-order valence-electron chi connectivity index (χ1n) is 10.1. The molecule has 0 aliphatic heterocycles. The minimum Gasteiger partial charge on any atom is -0.370 e. The van der Waals surface area contributed by atoms with Gasteiger partial charge in [-0.2, -0.15) is 0 Å². The van der Waals surface area contributed by atoms with E-state index in [0.717, 1.165) is 32.8 Å². The van der Waals surface area contributed by atoms with Gasteiger partial charge >= 0.3 is 0 Å². The Morgan fingerprint density at radius 3 is 2.30 bits per heavy atom. The first-order valence-corrected chi connectivity index (χ1v) is 11.7. The summed E-state index contributed by atoms with van der Waals surface area (Å²) in [7, 11) is 0. The Kier molecular flexibility index (Phi) is 7.40. The predicted octanol–water partition coefficient (Wildman–Crippen LogP) is 5.96. The Hall–Kier alpha value is -3.19. The maximum absolute atomic E-state index is 12.1. The second-order valence-electron chi connectivity index (χ2n) is 7.26. The predicted molar refractivity (Wildman–Crippen MR) is 137 cm³/mol. The highest BCUT2D eigenvalue weighted by Crippen LogP contribution is 2.32. The number of nitrogens with one attached hydrogen (secondary N) is 1. The van der Waals surface area contributed by atoms with Crippen LogP contribution in [0.5, 0.6) is 0 Å². The van der Waals surface area contributed by atoms with Gasteiger partial charge in [0.05, 0.1) is 18.7 Å². The highest BCUT2D eigenvalue weighted by atomic mass is 35.5. The molecular formula is C25H20Cl2N4OS. The molecule has 0 radical (unpaired) electrons. The lowest BCUT2D eigenvalue weighted by atomic mass is 9.98. The van der Waals surface area contributed by atoms with E-state index in [-0.39, 0.29) is 24.8 Å². The van der Waals surface area contributed by atoms with Crippen molar-refractivity contribution in [2.75, 3.05) is 0 Å². The molecule has 3 N–H and O–H groups in total. The number of halogens is 2. The Balaban J connectivity index is 1.56. The minimum absolute atomic E-state index is 0.0753. The van der Waals surface area contributed by atoms with Crippen LogP contribution in [0, 0.1) is 0 Å². The minimum atomic E-state index is -0.197. The van der Waals surface area contributed by atoms with Crippen LogP contribution in [-0.4, -0.2) is 16.9 Å². The van der Waals surface area contributed by atoms with Crippen molar-refractivity contribution < 1.29 is 4.79 Å². The molecule has 4 rings (SSSR count). The third-order valence-electron chi connectivity index (χ3n) is 4.83. The van der Waals surface area contributed by atoms with E-state index in [1.54, 1.807) is 6.20 Å². The second-order valence-corrected chi connectivity index (χ2v) is 9.16. The van der Waals surface area contributed by atoms with Crippen LogP contribution in [0.15, 0.2) is 83.3 Å². The van der Waals surface area contributed by atoms with Gasteiger partial charge in [-0.25, -0.2) is 4.99 Å². The van der Waals surface area contributed by atoms with Crippen LogP contribution >= 0.6 is 34.5 Å². The summed E-state index contributed by atoms with van der Waals surface area (Å²) in [5.74, 6) is -0.122. The molecule has 2 heterocycles. The van der Waals surface area contributed by atoms with E-state index in [0.29, 0.717) is 10.0 Å². The lowest BCUT2D eigenvalue weighted by molar-refractivity contribution is -0.119. The zero-order chi connectivity index (χ0) is 23.2. The van der Waals surface area contributed by atoms with Gasteiger partial charge in [-0.15, -0.1) is 11.3 Å². The molecule has 0 saturated carbocycles. The Labute approximate surface area is 205 Å². The van der Waals surface area contributed by atoms with E-state index in [2.05, 4.69) is 10.3 Å². The molecule has 0 atom stereocenters. The zero-order valence-corrected chi connectivity index (χ0v) is 19.8. The van der Waals surface area contributed by atoms with E-state index in [1.807, 2.05) is 72.1 Å². The lowest BCUT2D eigenvalue weighted by Gasteiger charge is -2.12. The molecule has 0 spiro atoms. The second kappa shape index (κ2) is 10.6. The van der Waals surface area contributed by atoms with Crippen molar-refractivity contribution in [3.63, 3.8) is 0 Å². The number of guanidine groups is 1. The molecule has 5 nitrogen and oxygen atoms in total. The monoisotopic (exact) mass is 494 g/mol. The van der Waals surface area contributed by atoms with Crippen molar-refractivity contribution >= 4 is 46.4 Å². The fourth-order valence-electron chi connectivity index (χ4n) is 3.26. The number of carbonyl (C=O) groups is 1. The van der Waals surface area contributed by atoms with Gasteiger partial charge in [0.1, 0.15) is 0 Å². The third kappa shape index (κ3) is 6.20. The molecule has 2 aromatic carbocycles. The number of nitrogens with two attached hydrogens (primary N) is 1. The number of pyridine rings is 1. The van der Waals surface area contributed by atoms with Gasteiger partial charge in [0.25, 0.3) is 0 Å². The van der Waals surface area contributed by atoms with Crippen LogP contribution < -0.4 is 11.1 Å². The largest absolute Gasteiger partial charge is 0.370 e. The molecule has 0 bridgehead atoms. The van der Waals surface area contributed by atoms with Crippen molar-refractivity contribution in [3.8, 4) is 22.4 Å². The van der Waals surface area contributed by atoms with E-state index in [4.69, 9.17) is 33.9 Å². The normalized spacial score (nSPS) is 11.4. The highest BCUT2D eigenvalue weighted by molar-refractivity contribution is 7.10. The molecule has 0 aliphatic rings. The fourth-order valence-corrected chi connectivity index (χ4v) is 4.21. The summed E-state index contributed by atoms with van der Waals surface area (Å²) in [4.78, 5) is 22.1. The average molecular weight is 495 g/mol. The van der Waals surface area contributed by atoms with E-state index >= 15 is 0 Å². The molecule has 0 fully saturated rings. The van der Waals surface area contributed by atoms with E-state index < -0.39 is 0 Å². The summed E-state index contributed by atoms with van der Waals surface area (Å²) >= 11 is 13.7. The number of nitrogens with zero attached hydrogens (tertiary/aromatic N) is 2. The smallest absolute Gasteiger partial charge is 0.231 e. The van der Waals surface area contributed by atoms with Crippen LogP contribution in [-0.2, 0) is 17.8 Å². The number of aliphatic imine (C=N–C) groups is 1. The van der Waals surface area contributed by atoms with Crippen molar-refractivity contribution in [3.05, 3.63) is 98.8 Å². The Morgan fingerprint density at radius 1 is 1.00 bits per heavy atom. The van der Waals surface area contributed by atoms with Crippen LogP contribution in [0.3, 0.4) is 0 Å². The van der Waals surface area contributed by atoms with Crippen molar-refractivity contribution in [2.45, 2.75) is 13.0 Å². The van der Waals surface area contributed by atoms with Gasteiger partial charge in [0, 0.05) is 32.2 Å². The van der Waals surface area contributed by atoms with Crippen molar-refractivity contribution in [1.82, 2.24) is 10.3 Å².